The van der Waals surface area contributed by atoms with Crippen molar-refractivity contribution in [3.8, 4) is 5.75 Å². The molecule has 1 heterocycles. The van der Waals surface area contributed by atoms with E-state index in [0.717, 1.165) is 0 Å². The third-order valence-corrected chi connectivity index (χ3v) is 2.24. The van der Waals surface area contributed by atoms with Crippen LogP contribution >= 0.6 is 0 Å². The van der Waals surface area contributed by atoms with Crippen LogP contribution in [-0.2, 0) is 17.8 Å². The van der Waals surface area contributed by atoms with Crippen molar-refractivity contribution in [1.82, 2.24) is 0 Å². The zero-order chi connectivity index (χ0) is 9.97. The Bertz CT molecular complexity index is 338. The van der Waals surface area contributed by atoms with Gasteiger partial charge in [0.2, 0.25) is 0 Å². The maximum atomic E-state index is 13.3. The van der Waals surface area contributed by atoms with E-state index >= 15 is 0 Å². The van der Waals surface area contributed by atoms with E-state index in [-0.39, 0.29) is 19.2 Å². The first-order valence-corrected chi connectivity index (χ1v) is 4.44. The Morgan fingerprint density at radius 2 is 2.29 bits per heavy atom. The van der Waals surface area contributed by atoms with Crippen LogP contribution in [0.3, 0.4) is 0 Å². The summed E-state index contributed by atoms with van der Waals surface area (Å²) in [7, 11) is 0. The largest absolute Gasteiger partial charge is 0.467 e. The molecule has 1 N–H and O–H groups in total. The van der Waals surface area contributed by atoms with Crippen LogP contribution in [0, 0.1) is 5.82 Å². The number of halogens is 1. The van der Waals surface area contributed by atoms with Gasteiger partial charge in [0, 0.05) is 12.2 Å². The molecule has 0 amide bonds. The summed E-state index contributed by atoms with van der Waals surface area (Å²) in [5.74, 6) is 0.341. The van der Waals surface area contributed by atoms with Crippen molar-refractivity contribution in [2.75, 3.05) is 13.4 Å². The molecule has 2 rings (SSSR count). The molecule has 0 bridgehead atoms. The van der Waals surface area contributed by atoms with Crippen molar-refractivity contribution >= 4 is 0 Å². The first-order valence-electron chi connectivity index (χ1n) is 4.44. The van der Waals surface area contributed by atoms with E-state index < -0.39 is 0 Å². The van der Waals surface area contributed by atoms with Gasteiger partial charge in [0.1, 0.15) is 11.6 Å². The number of aliphatic hydroxyl groups excluding tert-OH is 1. The van der Waals surface area contributed by atoms with Crippen molar-refractivity contribution in [2.45, 2.75) is 13.0 Å². The second-order valence-corrected chi connectivity index (χ2v) is 3.09. The quantitative estimate of drug-likeness (QED) is 0.776. The summed E-state index contributed by atoms with van der Waals surface area (Å²) in [6.07, 6.45) is 0.293. The second kappa shape index (κ2) is 3.94. The van der Waals surface area contributed by atoms with E-state index in [1.54, 1.807) is 6.07 Å². The van der Waals surface area contributed by atoms with Gasteiger partial charge < -0.3 is 14.6 Å². The minimum Gasteiger partial charge on any atom is -0.467 e. The number of hydrogen-bond donors (Lipinski definition) is 1. The van der Waals surface area contributed by atoms with Gasteiger partial charge in [-0.25, -0.2) is 4.39 Å². The Hall–Kier alpha value is -1.13. The van der Waals surface area contributed by atoms with E-state index in [4.69, 9.17) is 14.6 Å². The Kier molecular flexibility index (Phi) is 2.65. The lowest BCUT2D eigenvalue weighted by atomic mass is 10.0. The van der Waals surface area contributed by atoms with Crippen LogP contribution in [-0.4, -0.2) is 18.5 Å². The average Bonchev–Trinajstić information content (AvgIpc) is 2.23. The van der Waals surface area contributed by atoms with Crippen molar-refractivity contribution in [1.29, 1.82) is 0 Å². The summed E-state index contributed by atoms with van der Waals surface area (Å²) in [5, 5.41) is 8.80. The molecule has 0 unspecified atom stereocenters. The van der Waals surface area contributed by atoms with E-state index in [1.807, 2.05) is 0 Å². The molecular weight excluding hydrogens is 187 g/mol. The maximum absolute atomic E-state index is 13.3. The highest BCUT2D eigenvalue weighted by Crippen LogP contribution is 2.28. The summed E-state index contributed by atoms with van der Waals surface area (Å²) >= 11 is 0. The Labute approximate surface area is 81.1 Å². The Balaban J connectivity index is 2.43. The molecule has 0 spiro atoms. The summed E-state index contributed by atoms with van der Waals surface area (Å²) in [4.78, 5) is 0. The number of aliphatic hydroxyl groups is 1. The van der Waals surface area contributed by atoms with Gasteiger partial charge in [0.25, 0.3) is 0 Å². The van der Waals surface area contributed by atoms with Crippen molar-refractivity contribution in [3.05, 3.63) is 29.1 Å². The van der Waals surface area contributed by atoms with Crippen LogP contribution in [0.5, 0.6) is 5.75 Å². The van der Waals surface area contributed by atoms with Crippen molar-refractivity contribution in [2.24, 2.45) is 0 Å². The zero-order valence-corrected chi connectivity index (χ0v) is 7.62. The summed E-state index contributed by atoms with van der Waals surface area (Å²) in [6.45, 7) is 0.479. The molecule has 1 aliphatic rings. The first kappa shape index (κ1) is 9.43. The minimum absolute atomic E-state index is 0.0760. The normalized spacial score (nSPS) is 14.7. The highest BCUT2D eigenvalue weighted by Gasteiger charge is 2.17. The average molecular weight is 198 g/mol. The third-order valence-electron chi connectivity index (χ3n) is 2.24. The SMILES string of the molecule is OCCc1c(F)ccc2c1COCO2. The molecule has 0 saturated heterocycles. The zero-order valence-electron chi connectivity index (χ0n) is 7.62. The molecule has 0 saturated carbocycles. The monoisotopic (exact) mass is 198 g/mol. The van der Waals surface area contributed by atoms with Crippen LogP contribution < -0.4 is 4.74 Å². The number of ether oxygens (including phenoxy) is 2. The molecule has 0 aliphatic carbocycles. The molecule has 76 valence electrons. The topological polar surface area (TPSA) is 38.7 Å². The van der Waals surface area contributed by atoms with Gasteiger partial charge in [-0.05, 0) is 24.1 Å². The molecule has 0 aromatic heterocycles. The van der Waals surface area contributed by atoms with Crippen LogP contribution in [0.1, 0.15) is 11.1 Å². The third kappa shape index (κ3) is 1.58. The van der Waals surface area contributed by atoms with Gasteiger partial charge in [-0.2, -0.15) is 0 Å². The fourth-order valence-electron chi connectivity index (χ4n) is 1.57. The molecule has 4 heteroatoms. The van der Waals surface area contributed by atoms with Crippen molar-refractivity contribution < 1.29 is 19.0 Å². The van der Waals surface area contributed by atoms with Crippen LogP contribution in [0.2, 0.25) is 0 Å². The first-order chi connectivity index (χ1) is 6.83. The van der Waals surface area contributed by atoms with Crippen LogP contribution in [0.25, 0.3) is 0 Å². The Morgan fingerprint density at radius 1 is 1.43 bits per heavy atom. The van der Waals surface area contributed by atoms with E-state index in [1.165, 1.54) is 6.07 Å². The lowest BCUT2D eigenvalue weighted by molar-refractivity contribution is -0.0171. The number of benzene rings is 1. The molecule has 14 heavy (non-hydrogen) atoms. The van der Waals surface area contributed by atoms with Crippen LogP contribution in [0.4, 0.5) is 4.39 Å². The summed E-state index contributed by atoms with van der Waals surface area (Å²) in [5.41, 5.74) is 1.20. The smallest absolute Gasteiger partial charge is 0.189 e. The molecule has 0 radical (unpaired) electrons. The fraction of sp³-hybridized carbons (Fsp3) is 0.400. The second-order valence-electron chi connectivity index (χ2n) is 3.09. The highest BCUT2D eigenvalue weighted by molar-refractivity contribution is 5.41. The molecular formula is C10H11FO3. The number of rotatable bonds is 2. The van der Waals surface area contributed by atoms with Gasteiger partial charge in [0.05, 0.1) is 6.61 Å². The van der Waals surface area contributed by atoms with E-state index in [0.29, 0.717) is 29.9 Å². The van der Waals surface area contributed by atoms with Gasteiger partial charge in [-0.15, -0.1) is 0 Å². The van der Waals surface area contributed by atoms with Gasteiger partial charge >= 0.3 is 0 Å². The van der Waals surface area contributed by atoms with Gasteiger partial charge in [-0.3, -0.25) is 0 Å². The number of hydrogen-bond acceptors (Lipinski definition) is 3. The molecule has 0 atom stereocenters. The molecule has 3 nitrogen and oxygen atoms in total. The lowest BCUT2D eigenvalue weighted by Crippen LogP contribution is -2.14. The molecule has 0 fully saturated rings. The maximum Gasteiger partial charge on any atom is 0.189 e. The predicted molar refractivity (Wildman–Crippen MR) is 47.5 cm³/mol. The lowest BCUT2D eigenvalue weighted by Gasteiger charge is -2.20. The summed E-state index contributed by atoms with van der Waals surface area (Å²) in [6, 6.07) is 2.95. The van der Waals surface area contributed by atoms with Gasteiger partial charge in [0.15, 0.2) is 6.79 Å². The van der Waals surface area contributed by atoms with E-state index in [9.17, 15) is 4.39 Å². The summed E-state index contributed by atoms with van der Waals surface area (Å²) < 4.78 is 23.6. The number of fused-ring (bicyclic) bond motifs is 1. The molecule has 1 aromatic rings. The molecule has 1 aliphatic heterocycles. The minimum atomic E-state index is -0.313. The predicted octanol–water partition coefficient (Wildman–Crippen LogP) is 1.23. The van der Waals surface area contributed by atoms with Crippen LogP contribution in [0.15, 0.2) is 12.1 Å². The molecule has 1 aromatic carbocycles. The Morgan fingerprint density at radius 3 is 3.07 bits per heavy atom. The highest BCUT2D eigenvalue weighted by atomic mass is 19.1. The standard InChI is InChI=1S/C10H11FO3/c11-9-1-2-10-8(5-13-6-14-10)7(9)3-4-12/h1-2,12H,3-6H2. The fourth-order valence-corrected chi connectivity index (χ4v) is 1.57. The van der Waals surface area contributed by atoms with Crippen molar-refractivity contribution in [3.63, 3.8) is 0 Å². The van der Waals surface area contributed by atoms with E-state index in [2.05, 4.69) is 0 Å². The van der Waals surface area contributed by atoms with Gasteiger partial charge in [-0.1, -0.05) is 0 Å².